The highest BCUT2D eigenvalue weighted by molar-refractivity contribution is 9.10. The Morgan fingerprint density at radius 2 is 1.68 bits per heavy atom. The Labute approximate surface area is 149 Å². The standard InChI is InChI=1S/C15H11BrN4O5/c16-14-8-13(20(24)25)6-3-11(14)9-17-18-15(21)7-10-1-4-12(5-2-10)19(22)23/h1-6,8-9H,7H2,(H,18,21)/b17-9-. The number of nitro benzene ring substituents is 2. The Hall–Kier alpha value is -3.14. The molecule has 25 heavy (non-hydrogen) atoms. The van der Waals surface area contributed by atoms with E-state index in [1.807, 2.05) is 0 Å². The molecule has 0 spiro atoms. The van der Waals surface area contributed by atoms with Crippen LogP contribution in [0.25, 0.3) is 0 Å². The summed E-state index contributed by atoms with van der Waals surface area (Å²) in [4.78, 5) is 32.0. The summed E-state index contributed by atoms with van der Waals surface area (Å²) in [5, 5.41) is 25.0. The number of hydrogen-bond donors (Lipinski definition) is 1. The maximum Gasteiger partial charge on any atom is 0.270 e. The lowest BCUT2D eigenvalue weighted by atomic mass is 10.1. The molecule has 2 aromatic rings. The van der Waals surface area contributed by atoms with Crippen molar-refractivity contribution in [2.45, 2.75) is 6.42 Å². The zero-order chi connectivity index (χ0) is 18.4. The van der Waals surface area contributed by atoms with Crippen molar-refractivity contribution in [3.63, 3.8) is 0 Å². The maximum absolute atomic E-state index is 11.8. The second kappa shape index (κ2) is 8.11. The molecule has 1 N–H and O–H groups in total. The van der Waals surface area contributed by atoms with Gasteiger partial charge in [-0.15, -0.1) is 0 Å². The van der Waals surface area contributed by atoms with Gasteiger partial charge in [0.2, 0.25) is 5.91 Å². The van der Waals surface area contributed by atoms with Crippen LogP contribution in [0.3, 0.4) is 0 Å². The highest BCUT2D eigenvalue weighted by atomic mass is 79.9. The molecule has 128 valence electrons. The van der Waals surface area contributed by atoms with E-state index >= 15 is 0 Å². The topological polar surface area (TPSA) is 128 Å². The molecule has 0 aliphatic rings. The summed E-state index contributed by atoms with van der Waals surface area (Å²) in [7, 11) is 0. The van der Waals surface area contributed by atoms with Crippen molar-refractivity contribution in [2.75, 3.05) is 0 Å². The summed E-state index contributed by atoms with van der Waals surface area (Å²) in [5.74, 6) is -0.400. The van der Waals surface area contributed by atoms with Crippen LogP contribution < -0.4 is 5.43 Å². The van der Waals surface area contributed by atoms with Crippen molar-refractivity contribution in [1.82, 2.24) is 5.43 Å². The van der Waals surface area contributed by atoms with Crippen LogP contribution in [-0.4, -0.2) is 22.0 Å². The third-order valence-electron chi connectivity index (χ3n) is 3.10. The van der Waals surface area contributed by atoms with E-state index in [0.717, 1.165) is 0 Å². The van der Waals surface area contributed by atoms with E-state index in [1.165, 1.54) is 48.7 Å². The summed E-state index contributed by atoms with van der Waals surface area (Å²) in [6.07, 6.45) is 1.36. The Bertz CT molecular complexity index is 852. The van der Waals surface area contributed by atoms with E-state index in [4.69, 9.17) is 0 Å². The molecule has 10 heteroatoms. The minimum absolute atomic E-state index is 0.0107. The number of rotatable bonds is 6. The first-order chi connectivity index (χ1) is 11.9. The van der Waals surface area contributed by atoms with Gasteiger partial charge in [-0.05, 0) is 27.6 Å². The first kappa shape index (κ1) is 18.2. The summed E-state index contributed by atoms with van der Waals surface area (Å²) in [6, 6.07) is 9.78. The van der Waals surface area contributed by atoms with Crippen LogP contribution in [0.15, 0.2) is 52.0 Å². The van der Waals surface area contributed by atoms with E-state index in [9.17, 15) is 25.0 Å². The van der Waals surface area contributed by atoms with Gasteiger partial charge in [-0.3, -0.25) is 25.0 Å². The fourth-order valence-electron chi connectivity index (χ4n) is 1.87. The molecular weight excluding hydrogens is 396 g/mol. The van der Waals surface area contributed by atoms with Gasteiger partial charge in [0.15, 0.2) is 0 Å². The van der Waals surface area contributed by atoms with Crippen LogP contribution in [0.4, 0.5) is 11.4 Å². The van der Waals surface area contributed by atoms with Crippen LogP contribution in [-0.2, 0) is 11.2 Å². The molecule has 0 saturated heterocycles. The molecule has 0 aliphatic carbocycles. The van der Waals surface area contributed by atoms with Crippen molar-refractivity contribution in [2.24, 2.45) is 5.10 Å². The van der Waals surface area contributed by atoms with Gasteiger partial charge in [0.05, 0.1) is 22.5 Å². The fraction of sp³-hybridized carbons (Fsp3) is 0.0667. The predicted molar refractivity (Wildman–Crippen MR) is 93.3 cm³/mol. The van der Waals surface area contributed by atoms with Gasteiger partial charge < -0.3 is 0 Å². The van der Waals surface area contributed by atoms with Crippen molar-refractivity contribution < 1.29 is 14.6 Å². The second-order valence-corrected chi connectivity index (χ2v) is 5.71. The number of halogens is 1. The Morgan fingerprint density at radius 3 is 2.24 bits per heavy atom. The molecule has 2 aromatic carbocycles. The molecule has 0 aromatic heterocycles. The predicted octanol–water partition coefficient (Wildman–Crippen LogP) is 2.96. The average Bonchev–Trinajstić information content (AvgIpc) is 2.56. The number of hydrazone groups is 1. The van der Waals surface area contributed by atoms with E-state index in [2.05, 4.69) is 26.5 Å². The van der Waals surface area contributed by atoms with E-state index in [-0.39, 0.29) is 17.8 Å². The first-order valence-corrected chi connectivity index (χ1v) is 7.65. The third kappa shape index (κ3) is 5.18. The maximum atomic E-state index is 11.8. The summed E-state index contributed by atoms with van der Waals surface area (Å²) in [6.45, 7) is 0. The number of nitro groups is 2. The Kier molecular flexibility index (Phi) is 5.90. The zero-order valence-electron chi connectivity index (χ0n) is 12.6. The van der Waals surface area contributed by atoms with Gasteiger partial charge in [-0.25, -0.2) is 5.43 Å². The number of carbonyl (C=O) groups is 1. The number of nitrogens with zero attached hydrogens (tertiary/aromatic N) is 3. The summed E-state index contributed by atoms with van der Waals surface area (Å²) >= 11 is 3.19. The minimum Gasteiger partial charge on any atom is -0.273 e. The molecule has 1 amide bonds. The van der Waals surface area contributed by atoms with Gasteiger partial charge in [0.25, 0.3) is 11.4 Å². The molecule has 2 rings (SSSR count). The number of benzene rings is 2. The largest absolute Gasteiger partial charge is 0.273 e. The minimum atomic E-state index is -0.518. The molecule has 9 nitrogen and oxygen atoms in total. The van der Waals surface area contributed by atoms with Gasteiger partial charge in [0.1, 0.15) is 0 Å². The number of nitrogens with one attached hydrogen (secondary N) is 1. The fourth-order valence-corrected chi connectivity index (χ4v) is 2.34. The number of carbonyl (C=O) groups excluding carboxylic acids is 1. The first-order valence-electron chi connectivity index (χ1n) is 6.86. The van der Waals surface area contributed by atoms with Crippen molar-refractivity contribution in [3.8, 4) is 0 Å². The number of hydrogen-bond acceptors (Lipinski definition) is 6. The molecule has 0 atom stereocenters. The molecule has 0 saturated carbocycles. The van der Waals surface area contributed by atoms with E-state index in [1.54, 1.807) is 0 Å². The van der Waals surface area contributed by atoms with E-state index < -0.39 is 15.8 Å². The summed E-state index contributed by atoms with van der Waals surface area (Å²) in [5.41, 5.74) is 3.37. The van der Waals surface area contributed by atoms with Crippen LogP contribution in [0.1, 0.15) is 11.1 Å². The Balaban J connectivity index is 1.94. The van der Waals surface area contributed by atoms with Crippen LogP contribution in [0.5, 0.6) is 0 Å². The third-order valence-corrected chi connectivity index (χ3v) is 3.79. The lowest BCUT2D eigenvalue weighted by Crippen LogP contribution is -2.19. The van der Waals surface area contributed by atoms with Crippen molar-refractivity contribution in [1.29, 1.82) is 0 Å². The molecule has 0 fully saturated rings. The zero-order valence-corrected chi connectivity index (χ0v) is 14.2. The van der Waals surface area contributed by atoms with Crippen LogP contribution in [0.2, 0.25) is 0 Å². The summed E-state index contributed by atoms with van der Waals surface area (Å²) < 4.78 is 0.468. The second-order valence-electron chi connectivity index (χ2n) is 4.86. The van der Waals surface area contributed by atoms with Crippen LogP contribution in [0, 0.1) is 20.2 Å². The van der Waals surface area contributed by atoms with E-state index in [0.29, 0.717) is 15.6 Å². The quantitative estimate of drug-likeness (QED) is 0.447. The molecule has 0 bridgehead atoms. The molecule has 0 heterocycles. The normalized spacial score (nSPS) is 10.6. The van der Waals surface area contributed by atoms with Gasteiger partial charge in [-0.1, -0.05) is 12.1 Å². The smallest absolute Gasteiger partial charge is 0.270 e. The highest BCUT2D eigenvalue weighted by Crippen LogP contribution is 2.21. The van der Waals surface area contributed by atoms with Gasteiger partial charge >= 0.3 is 0 Å². The molecule has 0 unspecified atom stereocenters. The van der Waals surface area contributed by atoms with Gasteiger partial charge in [-0.2, -0.15) is 5.10 Å². The average molecular weight is 407 g/mol. The lowest BCUT2D eigenvalue weighted by molar-refractivity contribution is -0.385. The molecule has 0 aliphatic heterocycles. The lowest BCUT2D eigenvalue weighted by Gasteiger charge is -2.01. The van der Waals surface area contributed by atoms with Crippen molar-refractivity contribution >= 4 is 39.4 Å². The molecule has 0 radical (unpaired) electrons. The Morgan fingerprint density at radius 1 is 1.08 bits per heavy atom. The SMILES string of the molecule is O=C(Cc1ccc([N+](=O)[O-])cc1)N/N=C\c1ccc([N+](=O)[O-])cc1Br. The van der Waals surface area contributed by atoms with Crippen LogP contribution >= 0.6 is 15.9 Å². The van der Waals surface area contributed by atoms with Gasteiger partial charge in [0, 0.05) is 34.3 Å². The monoisotopic (exact) mass is 406 g/mol. The van der Waals surface area contributed by atoms with Crippen molar-refractivity contribution in [3.05, 3.63) is 78.3 Å². The molecular formula is C15H11BrN4O5. The number of non-ortho nitro benzene ring substituents is 2. The highest BCUT2D eigenvalue weighted by Gasteiger charge is 2.09. The number of amides is 1.